The van der Waals surface area contributed by atoms with Crippen molar-refractivity contribution < 1.29 is 9.26 Å². The molecule has 0 unspecified atom stereocenters. The molecule has 2 aromatic rings. The predicted molar refractivity (Wildman–Crippen MR) is 68.6 cm³/mol. The van der Waals surface area contributed by atoms with E-state index in [4.69, 9.17) is 9.26 Å². The minimum Gasteiger partial charge on any atom is -0.485 e. The quantitative estimate of drug-likeness (QED) is 0.829. The van der Waals surface area contributed by atoms with Crippen molar-refractivity contribution in [1.29, 1.82) is 0 Å². The maximum atomic E-state index is 5.71. The fourth-order valence-corrected chi connectivity index (χ4v) is 1.58. The second-order valence-corrected chi connectivity index (χ2v) is 4.69. The monoisotopic (exact) mass is 246 g/mol. The van der Waals surface area contributed by atoms with Crippen molar-refractivity contribution >= 4 is 0 Å². The van der Waals surface area contributed by atoms with E-state index in [1.807, 2.05) is 32.9 Å². The van der Waals surface area contributed by atoms with Crippen LogP contribution in [0.2, 0.25) is 0 Å². The zero-order valence-electron chi connectivity index (χ0n) is 11.2. The SMILES string of the molecule is Cc1cccc(OCc2noc(C(C)C)n2)c1C. The molecule has 2 rings (SSSR count). The maximum Gasteiger partial charge on any atom is 0.229 e. The number of rotatable bonds is 4. The fourth-order valence-electron chi connectivity index (χ4n) is 1.58. The Morgan fingerprint density at radius 1 is 1.28 bits per heavy atom. The Morgan fingerprint density at radius 3 is 2.72 bits per heavy atom. The average molecular weight is 246 g/mol. The normalized spacial score (nSPS) is 10.9. The van der Waals surface area contributed by atoms with E-state index < -0.39 is 0 Å². The van der Waals surface area contributed by atoms with Crippen molar-refractivity contribution in [3.05, 3.63) is 41.0 Å². The molecule has 18 heavy (non-hydrogen) atoms. The first-order chi connectivity index (χ1) is 8.58. The lowest BCUT2D eigenvalue weighted by Crippen LogP contribution is -2.00. The summed E-state index contributed by atoms with van der Waals surface area (Å²) in [6.07, 6.45) is 0. The molecule has 0 aliphatic heterocycles. The summed E-state index contributed by atoms with van der Waals surface area (Å²) in [5.74, 6) is 2.34. The van der Waals surface area contributed by atoms with Gasteiger partial charge in [-0.1, -0.05) is 31.1 Å². The number of benzene rings is 1. The van der Waals surface area contributed by atoms with Crippen LogP contribution in [0.4, 0.5) is 0 Å². The van der Waals surface area contributed by atoms with Crippen LogP contribution >= 0.6 is 0 Å². The summed E-state index contributed by atoms with van der Waals surface area (Å²) in [5.41, 5.74) is 2.36. The van der Waals surface area contributed by atoms with E-state index in [1.54, 1.807) is 0 Å². The van der Waals surface area contributed by atoms with Crippen LogP contribution in [0, 0.1) is 13.8 Å². The molecule has 0 atom stereocenters. The van der Waals surface area contributed by atoms with Crippen molar-refractivity contribution in [2.75, 3.05) is 0 Å². The number of nitrogens with zero attached hydrogens (tertiary/aromatic N) is 2. The predicted octanol–water partition coefficient (Wildman–Crippen LogP) is 3.39. The largest absolute Gasteiger partial charge is 0.485 e. The van der Waals surface area contributed by atoms with Crippen LogP contribution in [0.1, 0.15) is 42.6 Å². The summed E-state index contributed by atoms with van der Waals surface area (Å²) in [6.45, 7) is 8.47. The van der Waals surface area contributed by atoms with E-state index in [-0.39, 0.29) is 5.92 Å². The minimum absolute atomic E-state index is 0.243. The molecule has 1 heterocycles. The molecule has 0 fully saturated rings. The van der Waals surface area contributed by atoms with Gasteiger partial charge in [0.05, 0.1) is 0 Å². The number of hydrogen-bond acceptors (Lipinski definition) is 4. The molecule has 0 saturated heterocycles. The van der Waals surface area contributed by atoms with Gasteiger partial charge in [-0.2, -0.15) is 4.98 Å². The topological polar surface area (TPSA) is 48.2 Å². The van der Waals surface area contributed by atoms with Crippen molar-refractivity contribution in [1.82, 2.24) is 10.1 Å². The van der Waals surface area contributed by atoms with E-state index in [0.29, 0.717) is 18.3 Å². The lowest BCUT2D eigenvalue weighted by atomic mass is 10.1. The second kappa shape index (κ2) is 5.21. The van der Waals surface area contributed by atoms with Crippen LogP contribution < -0.4 is 4.74 Å². The van der Waals surface area contributed by atoms with Crippen LogP contribution in [-0.4, -0.2) is 10.1 Å². The fraction of sp³-hybridized carbons (Fsp3) is 0.429. The molecule has 0 spiro atoms. The minimum atomic E-state index is 0.243. The Hall–Kier alpha value is -1.84. The van der Waals surface area contributed by atoms with Gasteiger partial charge in [0.25, 0.3) is 0 Å². The van der Waals surface area contributed by atoms with Gasteiger partial charge in [0.2, 0.25) is 11.7 Å². The van der Waals surface area contributed by atoms with E-state index in [2.05, 4.69) is 23.1 Å². The molecule has 1 aromatic carbocycles. The van der Waals surface area contributed by atoms with Gasteiger partial charge >= 0.3 is 0 Å². The molecule has 1 aromatic heterocycles. The molecule has 0 radical (unpaired) electrons. The summed E-state index contributed by atoms with van der Waals surface area (Å²) in [6, 6.07) is 5.99. The molecule has 0 aliphatic carbocycles. The van der Waals surface area contributed by atoms with E-state index >= 15 is 0 Å². The second-order valence-electron chi connectivity index (χ2n) is 4.69. The number of aryl methyl sites for hydroxylation is 1. The average Bonchev–Trinajstić information content (AvgIpc) is 2.80. The molecule has 4 nitrogen and oxygen atoms in total. The summed E-state index contributed by atoms with van der Waals surface area (Å²) in [5, 5.41) is 3.89. The third-order valence-corrected chi connectivity index (χ3v) is 2.89. The summed E-state index contributed by atoms with van der Waals surface area (Å²) in [4.78, 5) is 4.27. The van der Waals surface area contributed by atoms with Crippen molar-refractivity contribution in [2.45, 2.75) is 40.2 Å². The smallest absolute Gasteiger partial charge is 0.229 e. The molecule has 0 bridgehead atoms. The van der Waals surface area contributed by atoms with Crippen molar-refractivity contribution in [3.63, 3.8) is 0 Å². The Kier molecular flexibility index (Phi) is 3.65. The van der Waals surface area contributed by atoms with Gasteiger partial charge in [-0.3, -0.25) is 0 Å². The highest BCUT2D eigenvalue weighted by Crippen LogP contribution is 2.21. The molecule has 0 N–H and O–H groups in total. The van der Waals surface area contributed by atoms with E-state index in [0.717, 1.165) is 11.3 Å². The molecule has 0 aliphatic rings. The first kappa shape index (κ1) is 12.6. The third-order valence-electron chi connectivity index (χ3n) is 2.89. The van der Waals surface area contributed by atoms with E-state index in [1.165, 1.54) is 5.56 Å². The highest BCUT2D eigenvalue weighted by molar-refractivity contribution is 5.38. The summed E-state index contributed by atoms with van der Waals surface area (Å²) >= 11 is 0. The molecule has 96 valence electrons. The highest BCUT2D eigenvalue weighted by atomic mass is 16.5. The first-order valence-corrected chi connectivity index (χ1v) is 6.09. The van der Waals surface area contributed by atoms with Crippen molar-refractivity contribution in [3.8, 4) is 5.75 Å². The van der Waals surface area contributed by atoms with Crippen LogP contribution in [-0.2, 0) is 6.61 Å². The van der Waals surface area contributed by atoms with Gasteiger partial charge in [-0.25, -0.2) is 0 Å². The van der Waals surface area contributed by atoms with Crippen LogP contribution in [0.5, 0.6) is 5.75 Å². The number of aromatic nitrogens is 2. The Bertz CT molecular complexity index is 532. The zero-order valence-corrected chi connectivity index (χ0v) is 11.2. The molecule has 0 saturated carbocycles. The third kappa shape index (κ3) is 2.70. The van der Waals surface area contributed by atoms with E-state index in [9.17, 15) is 0 Å². The molecular formula is C14H18N2O2. The lowest BCUT2D eigenvalue weighted by Gasteiger charge is -2.08. The lowest BCUT2D eigenvalue weighted by molar-refractivity contribution is 0.282. The number of ether oxygens (including phenoxy) is 1. The number of hydrogen-bond donors (Lipinski definition) is 0. The van der Waals surface area contributed by atoms with Crippen LogP contribution in [0.15, 0.2) is 22.7 Å². The Labute approximate surface area is 107 Å². The summed E-state index contributed by atoms with van der Waals surface area (Å²) in [7, 11) is 0. The Morgan fingerprint density at radius 2 is 2.06 bits per heavy atom. The standard InChI is InChI=1S/C14H18N2O2/c1-9(2)14-15-13(16-18-14)8-17-12-7-5-6-10(3)11(12)4/h5-7,9H,8H2,1-4H3. The summed E-state index contributed by atoms with van der Waals surface area (Å²) < 4.78 is 10.8. The highest BCUT2D eigenvalue weighted by Gasteiger charge is 2.10. The van der Waals surface area contributed by atoms with Gasteiger partial charge in [0.15, 0.2) is 6.61 Å². The van der Waals surface area contributed by atoms with Crippen molar-refractivity contribution in [2.24, 2.45) is 0 Å². The zero-order chi connectivity index (χ0) is 13.1. The van der Waals surface area contributed by atoms with Crippen LogP contribution in [0.3, 0.4) is 0 Å². The maximum absolute atomic E-state index is 5.71. The Balaban J connectivity index is 2.04. The van der Waals surface area contributed by atoms with Gasteiger partial charge in [0.1, 0.15) is 5.75 Å². The first-order valence-electron chi connectivity index (χ1n) is 6.09. The van der Waals surface area contributed by atoms with Gasteiger partial charge in [-0.15, -0.1) is 0 Å². The van der Waals surface area contributed by atoms with Gasteiger partial charge in [0, 0.05) is 5.92 Å². The van der Waals surface area contributed by atoms with Gasteiger partial charge < -0.3 is 9.26 Å². The molecular weight excluding hydrogens is 228 g/mol. The van der Waals surface area contributed by atoms with Crippen LogP contribution in [0.25, 0.3) is 0 Å². The molecule has 0 amide bonds. The van der Waals surface area contributed by atoms with Gasteiger partial charge in [-0.05, 0) is 31.0 Å². The molecule has 4 heteroatoms.